The zero-order valence-electron chi connectivity index (χ0n) is 12.5. The molecule has 0 fully saturated rings. The van der Waals surface area contributed by atoms with Crippen LogP contribution in [0.1, 0.15) is 59.8 Å². The Morgan fingerprint density at radius 3 is 2.06 bits per heavy atom. The van der Waals surface area contributed by atoms with Gasteiger partial charge in [0.05, 0.1) is 0 Å². The zero-order valence-corrected chi connectivity index (χ0v) is 12.5. The maximum absolute atomic E-state index is 3.82. The Kier molecular flexibility index (Phi) is 10.9. The Hall–Kier alpha value is -0.120. The number of hydrogen-bond acceptors (Lipinski definition) is 3. The van der Waals surface area contributed by atoms with E-state index in [9.17, 15) is 0 Å². The summed E-state index contributed by atoms with van der Waals surface area (Å²) >= 11 is 0. The van der Waals surface area contributed by atoms with Crippen molar-refractivity contribution >= 4 is 0 Å². The highest BCUT2D eigenvalue weighted by Gasteiger charge is 2.19. The van der Waals surface area contributed by atoms with Gasteiger partial charge in [-0.15, -0.1) is 0 Å². The summed E-state index contributed by atoms with van der Waals surface area (Å²) < 4.78 is 0. The summed E-state index contributed by atoms with van der Waals surface area (Å²) in [4.78, 5) is 0. The third-order valence-corrected chi connectivity index (χ3v) is 3.66. The lowest BCUT2D eigenvalue weighted by atomic mass is 9.90. The van der Waals surface area contributed by atoms with E-state index in [1.54, 1.807) is 0 Å². The normalized spacial score (nSPS) is 16.8. The molecule has 17 heavy (non-hydrogen) atoms. The third kappa shape index (κ3) is 7.02. The van der Waals surface area contributed by atoms with Gasteiger partial charge in [0.15, 0.2) is 0 Å². The molecule has 0 aliphatic carbocycles. The molecule has 3 nitrogen and oxygen atoms in total. The van der Waals surface area contributed by atoms with Crippen LogP contribution in [0.4, 0.5) is 0 Å². The van der Waals surface area contributed by atoms with E-state index < -0.39 is 0 Å². The molecule has 0 aliphatic heterocycles. The molecular formula is C14H33N3. The maximum atomic E-state index is 3.82. The average molecular weight is 243 g/mol. The fourth-order valence-corrected chi connectivity index (χ4v) is 2.50. The van der Waals surface area contributed by atoms with Gasteiger partial charge in [0.2, 0.25) is 0 Å². The van der Waals surface area contributed by atoms with Gasteiger partial charge in [0.1, 0.15) is 0 Å². The van der Waals surface area contributed by atoms with Crippen molar-refractivity contribution < 1.29 is 0 Å². The van der Waals surface area contributed by atoms with Gasteiger partial charge >= 0.3 is 0 Å². The van der Waals surface area contributed by atoms with Crippen LogP contribution in [0.2, 0.25) is 0 Å². The number of hydrogen-bond donors (Lipinski definition) is 3. The third-order valence-electron chi connectivity index (χ3n) is 3.66. The Morgan fingerprint density at radius 1 is 0.941 bits per heavy atom. The van der Waals surface area contributed by atoms with Crippen LogP contribution in [0.3, 0.4) is 0 Å². The molecule has 0 aliphatic rings. The number of rotatable bonds is 11. The van der Waals surface area contributed by atoms with E-state index in [1.807, 2.05) is 7.05 Å². The average Bonchev–Trinajstić information content (AvgIpc) is 2.37. The second-order valence-electron chi connectivity index (χ2n) is 4.87. The first-order chi connectivity index (χ1) is 8.23. The van der Waals surface area contributed by atoms with Crippen molar-refractivity contribution in [2.75, 3.05) is 13.6 Å². The van der Waals surface area contributed by atoms with E-state index in [2.05, 4.69) is 43.9 Å². The molecule has 0 radical (unpaired) electrons. The topological polar surface area (TPSA) is 36.1 Å². The lowest BCUT2D eigenvalue weighted by Crippen LogP contribution is -2.48. The van der Waals surface area contributed by atoms with E-state index in [-0.39, 0.29) is 0 Å². The lowest BCUT2D eigenvalue weighted by molar-refractivity contribution is 0.276. The first kappa shape index (κ1) is 16.9. The first-order valence-electron chi connectivity index (χ1n) is 7.38. The molecule has 0 aromatic carbocycles. The van der Waals surface area contributed by atoms with Crippen molar-refractivity contribution in [2.24, 2.45) is 5.92 Å². The summed E-state index contributed by atoms with van der Waals surface area (Å²) in [6.07, 6.45) is 6.33. The molecule has 3 N–H and O–H groups in total. The smallest absolute Gasteiger partial charge is 0.0254 e. The van der Waals surface area contributed by atoms with Crippen LogP contribution in [0, 0.1) is 5.92 Å². The van der Waals surface area contributed by atoms with Gasteiger partial charge in [-0.05, 0) is 32.2 Å². The minimum Gasteiger partial charge on any atom is -0.310 e. The molecule has 0 spiro atoms. The van der Waals surface area contributed by atoms with Gasteiger partial charge in [-0.3, -0.25) is 10.9 Å². The predicted octanol–water partition coefficient (Wildman–Crippen LogP) is 2.68. The van der Waals surface area contributed by atoms with Crippen LogP contribution in [-0.4, -0.2) is 25.7 Å². The van der Waals surface area contributed by atoms with Gasteiger partial charge < -0.3 is 5.32 Å². The van der Waals surface area contributed by atoms with Gasteiger partial charge in [-0.25, -0.2) is 0 Å². The van der Waals surface area contributed by atoms with Crippen molar-refractivity contribution in [3.63, 3.8) is 0 Å². The standard InChI is InChI=1S/C14H33N3/c1-6-10-12(7-2)14(9-4)17-13(8-3)11-16-15-5/h12-17H,6-11H2,1-5H3. The molecule has 3 heteroatoms. The first-order valence-corrected chi connectivity index (χ1v) is 7.38. The number of hydrazine groups is 1. The van der Waals surface area contributed by atoms with Crippen LogP contribution in [0.25, 0.3) is 0 Å². The Balaban J connectivity index is 4.22. The van der Waals surface area contributed by atoms with E-state index in [0.717, 1.165) is 12.5 Å². The SMILES string of the molecule is CCCC(CC)C(CC)NC(CC)CNNC. The summed E-state index contributed by atoms with van der Waals surface area (Å²) in [5, 5.41) is 3.82. The predicted molar refractivity (Wildman–Crippen MR) is 77.0 cm³/mol. The Morgan fingerprint density at radius 2 is 1.65 bits per heavy atom. The largest absolute Gasteiger partial charge is 0.310 e. The quantitative estimate of drug-likeness (QED) is 0.488. The summed E-state index contributed by atoms with van der Waals surface area (Å²) in [7, 11) is 1.93. The van der Waals surface area contributed by atoms with Crippen LogP contribution >= 0.6 is 0 Å². The highest BCUT2D eigenvalue weighted by molar-refractivity contribution is 4.79. The van der Waals surface area contributed by atoms with E-state index in [0.29, 0.717) is 12.1 Å². The maximum Gasteiger partial charge on any atom is 0.0254 e. The lowest BCUT2D eigenvalue weighted by Gasteiger charge is -2.30. The molecule has 3 unspecified atom stereocenters. The van der Waals surface area contributed by atoms with Crippen LogP contribution in [-0.2, 0) is 0 Å². The molecular weight excluding hydrogens is 210 g/mol. The van der Waals surface area contributed by atoms with Crippen LogP contribution in [0.5, 0.6) is 0 Å². The highest BCUT2D eigenvalue weighted by atomic mass is 15.3. The molecule has 3 atom stereocenters. The summed E-state index contributed by atoms with van der Waals surface area (Å²) in [6.45, 7) is 10.1. The number of nitrogens with one attached hydrogen (secondary N) is 3. The van der Waals surface area contributed by atoms with E-state index in [4.69, 9.17) is 0 Å². The minimum atomic E-state index is 0.568. The molecule has 0 heterocycles. The fraction of sp³-hybridized carbons (Fsp3) is 1.00. The second kappa shape index (κ2) is 11.0. The summed E-state index contributed by atoms with van der Waals surface area (Å²) in [5.74, 6) is 0.827. The summed E-state index contributed by atoms with van der Waals surface area (Å²) in [6, 6.07) is 1.24. The molecule has 0 rings (SSSR count). The Bertz CT molecular complexity index is 162. The van der Waals surface area contributed by atoms with Crippen molar-refractivity contribution in [3.05, 3.63) is 0 Å². The van der Waals surface area contributed by atoms with Gasteiger partial charge in [-0.2, -0.15) is 0 Å². The molecule has 0 saturated carbocycles. The zero-order chi connectivity index (χ0) is 13.1. The molecule has 0 saturated heterocycles. The molecule has 0 bridgehead atoms. The summed E-state index contributed by atoms with van der Waals surface area (Å²) in [5.41, 5.74) is 6.21. The van der Waals surface area contributed by atoms with Gasteiger partial charge in [-0.1, -0.05) is 40.5 Å². The van der Waals surface area contributed by atoms with Gasteiger partial charge in [0, 0.05) is 18.6 Å². The fourth-order valence-electron chi connectivity index (χ4n) is 2.50. The monoisotopic (exact) mass is 243 g/mol. The molecule has 104 valence electrons. The second-order valence-corrected chi connectivity index (χ2v) is 4.87. The van der Waals surface area contributed by atoms with E-state index in [1.165, 1.54) is 32.1 Å². The Labute approximate surface area is 108 Å². The molecule has 0 amide bonds. The van der Waals surface area contributed by atoms with Crippen molar-refractivity contribution in [2.45, 2.75) is 71.9 Å². The molecule has 0 aromatic heterocycles. The minimum absolute atomic E-state index is 0.568. The van der Waals surface area contributed by atoms with Crippen molar-refractivity contribution in [3.8, 4) is 0 Å². The van der Waals surface area contributed by atoms with Crippen molar-refractivity contribution in [1.82, 2.24) is 16.2 Å². The highest BCUT2D eigenvalue weighted by Crippen LogP contribution is 2.18. The van der Waals surface area contributed by atoms with Crippen LogP contribution < -0.4 is 16.2 Å². The van der Waals surface area contributed by atoms with Gasteiger partial charge in [0.25, 0.3) is 0 Å². The molecule has 0 aromatic rings. The van der Waals surface area contributed by atoms with Crippen molar-refractivity contribution in [1.29, 1.82) is 0 Å². The van der Waals surface area contributed by atoms with E-state index >= 15 is 0 Å². The van der Waals surface area contributed by atoms with Crippen LogP contribution in [0.15, 0.2) is 0 Å².